The van der Waals surface area contributed by atoms with E-state index in [9.17, 15) is 14.4 Å². The maximum absolute atomic E-state index is 12.2. The van der Waals surface area contributed by atoms with Gasteiger partial charge in [-0.05, 0) is 18.1 Å². The Labute approximate surface area is 131 Å². The minimum atomic E-state index is -0.0984. The quantitative estimate of drug-likeness (QED) is 0.942. The Morgan fingerprint density at radius 2 is 2.14 bits per heavy atom. The Bertz CT molecular complexity index is 799. The van der Waals surface area contributed by atoms with Crippen LogP contribution in [0.3, 0.4) is 0 Å². The van der Waals surface area contributed by atoms with Gasteiger partial charge in [0.05, 0.1) is 5.52 Å². The highest BCUT2D eigenvalue weighted by molar-refractivity contribution is 8.13. The van der Waals surface area contributed by atoms with Crippen LogP contribution in [-0.2, 0) is 9.59 Å². The summed E-state index contributed by atoms with van der Waals surface area (Å²) in [6, 6.07) is 8.72. The molecule has 2 aromatic rings. The number of hydrogen-bond acceptors (Lipinski definition) is 4. The van der Waals surface area contributed by atoms with Gasteiger partial charge in [0.25, 0.3) is 0 Å². The molecular formula is C16H16N2O3S. The SMILES string of the molecule is CC(=O)SCC1CC(=O)N(c2cc(=O)c3ccccc3[nH]2)C1. The van der Waals surface area contributed by atoms with Crippen molar-refractivity contribution in [2.24, 2.45) is 5.92 Å². The van der Waals surface area contributed by atoms with Gasteiger partial charge in [0, 0.05) is 37.1 Å². The van der Waals surface area contributed by atoms with E-state index in [1.807, 2.05) is 18.2 Å². The minimum Gasteiger partial charge on any atom is -0.341 e. The minimum absolute atomic E-state index is 0.0138. The summed E-state index contributed by atoms with van der Waals surface area (Å²) >= 11 is 1.24. The molecule has 3 rings (SSSR count). The number of carbonyl (C=O) groups excluding carboxylic acids is 2. The van der Waals surface area contributed by atoms with Crippen LogP contribution in [0.1, 0.15) is 13.3 Å². The fourth-order valence-corrected chi connectivity index (χ4v) is 3.38. The van der Waals surface area contributed by atoms with Gasteiger partial charge in [0.2, 0.25) is 5.91 Å². The van der Waals surface area contributed by atoms with E-state index in [0.717, 1.165) is 5.52 Å². The first-order valence-electron chi connectivity index (χ1n) is 7.10. The zero-order chi connectivity index (χ0) is 15.7. The van der Waals surface area contributed by atoms with Crippen molar-refractivity contribution in [2.75, 3.05) is 17.2 Å². The number of nitrogens with one attached hydrogen (secondary N) is 1. The Kier molecular flexibility index (Phi) is 4.02. The van der Waals surface area contributed by atoms with Crippen molar-refractivity contribution in [2.45, 2.75) is 13.3 Å². The van der Waals surface area contributed by atoms with E-state index < -0.39 is 0 Å². The van der Waals surface area contributed by atoms with Crippen molar-refractivity contribution in [3.05, 3.63) is 40.6 Å². The van der Waals surface area contributed by atoms with Gasteiger partial charge < -0.3 is 4.98 Å². The van der Waals surface area contributed by atoms with E-state index in [-0.39, 0.29) is 22.4 Å². The molecule has 22 heavy (non-hydrogen) atoms. The second kappa shape index (κ2) is 5.96. The molecule has 2 heterocycles. The molecule has 114 valence electrons. The molecule has 0 aliphatic carbocycles. The van der Waals surface area contributed by atoms with Crippen LogP contribution in [0, 0.1) is 5.92 Å². The van der Waals surface area contributed by atoms with E-state index in [4.69, 9.17) is 0 Å². The molecular weight excluding hydrogens is 300 g/mol. The first kappa shape index (κ1) is 14.8. The van der Waals surface area contributed by atoms with Crippen molar-refractivity contribution >= 4 is 39.5 Å². The van der Waals surface area contributed by atoms with Gasteiger partial charge in [-0.1, -0.05) is 23.9 Å². The van der Waals surface area contributed by atoms with Crippen LogP contribution < -0.4 is 10.3 Å². The van der Waals surface area contributed by atoms with Gasteiger partial charge in [-0.25, -0.2) is 0 Å². The number of para-hydroxylation sites is 1. The third kappa shape index (κ3) is 2.92. The number of pyridine rings is 1. The molecule has 0 bridgehead atoms. The number of rotatable bonds is 3. The van der Waals surface area contributed by atoms with Crippen molar-refractivity contribution < 1.29 is 9.59 Å². The van der Waals surface area contributed by atoms with Crippen LogP contribution in [0.15, 0.2) is 35.1 Å². The monoisotopic (exact) mass is 316 g/mol. The molecule has 1 aromatic heterocycles. The van der Waals surface area contributed by atoms with E-state index in [2.05, 4.69) is 4.98 Å². The van der Waals surface area contributed by atoms with Gasteiger partial charge >= 0.3 is 0 Å². The van der Waals surface area contributed by atoms with Crippen molar-refractivity contribution in [3.8, 4) is 0 Å². The number of benzene rings is 1. The molecule has 1 aliphatic heterocycles. The number of hydrogen-bond donors (Lipinski definition) is 1. The molecule has 6 heteroatoms. The van der Waals surface area contributed by atoms with Crippen LogP contribution >= 0.6 is 11.8 Å². The van der Waals surface area contributed by atoms with E-state index in [1.165, 1.54) is 24.8 Å². The number of fused-ring (bicyclic) bond motifs is 1. The lowest BCUT2D eigenvalue weighted by molar-refractivity contribution is -0.117. The molecule has 1 saturated heterocycles. The maximum atomic E-state index is 12.2. The number of nitrogens with zero attached hydrogens (tertiary/aromatic N) is 1. The van der Waals surface area contributed by atoms with Gasteiger partial charge in [-0.2, -0.15) is 0 Å². The molecule has 1 N–H and O–H groups in total. The highest BCUT2D eigenvalue weighted by Gasteiger charge is 2.31. The summed E-state index contributed by atoms with van der Waals surface area (Å²) in [6.07, 6.45) is 0.412. The lowest BCUT2D eigenvalue weighted by atomic mass is 10.1. The fraction of sp³-hybridized carbons (Fsp3) is 0.312. The lowest BCUT2D eigenvalue weighted by Gasteiger charge is -2.17. The highest BCUT2D eigenvalue weighted by atomic mass is 32.2. The summed E-state index contributed by atoms with van der Waals surface area (Å²) in [6.45, 7) is 2.06. The first-order chi connectivity index (χ1) is 10.5. The highest BCUT2D eigenvalue weighted by Crippen LogP contribution is 2.26. The van der Waals surface area contributed by atoms with Crippen LogP contribution in [0.4, 0.5) is 5.82 Å². The number of amides is 1. The van der Waals surface area contributed by atoms with Crippen molar-refractivity contribution in [3.63, 3.8) is 0 Å². The molecule has 0 radical (unpaired) electrons. The number of anilines is 1. The second-order valence-electron chi connectivity index (χ2n) is 5.44. The number of carbonyl (C=O) groups is 2. The van der Waals surface area contributed by atoms with Crippen molar-refractivity contribution in [1.29, 1.82) is 0 Å². The smallest absolute Gasteiger partial charge is 0.228 e. The summed E-state index contributed by atoms with van der Waals surface area (Å²) in [5, 5.41) is 0.673. The van der Waals surface area contributed by atoms with Crippen LogP contribution in [0.5, 0.6) is 0 Å². The van der Waals surface area contributed by atoms with E-state index >= 15 is 0 Å². The number of aromatic nitrogens is 1. The Balaban J connectivity index is 1.86. The second-order valence-corrected chi connectivity index (χ2v) is 6.64. The summed E-state index contributed by atoms with van der Waals surface area (Å²) in [7, 11) is 0. The van der Waals surface area contributed by atoms with Gasteiger partial charge in [0.15, 0.2) is 10.5 Å². The zero-order valence-electron chi connectivity index (χ0n) is 12.2. The summed E-state index contributed by atoms with van der Waals surface area (Å²) < 4.78 is 0. The third-order valence-electron chi connectivity index (χ3n) is 3.74. The van der Waals surface area contributed by atoms with Gasteiger partial charge in [-0.3, -0.25) is 19.3 Å². The summed E-state index contributed by atoms with van der Waals surface area (Å²) in [5.74, 6) is 1.29. The maximum Gasteiger partial charge on any atom is 0.228 e. The average molecular weight is 316 g/mol. The lowest BCUT2D eigenvalue weighted by Crippen LogP contribution is -2.27. The number of H-pyrrole nitrogens is 1. The first-order valence-corrected chi connectivity index (χ1v) is 8.09. The standard InChI is InChI=1S/C16H16N2O3S/c1-10(19)22-9-11-6-16(21)18(8-11)15-7-14(20)12-4-2-3-5-13(12)17-15/h2-5,7,11H,6,8-9H2,1H3,(H,17,20). The Morgan fingerprint density at radius 1 is 1.36 bits per heavy atom. The Morgan fingerprint density at radius 3 is 2.91 bits per heavy atom. The Hall–Kier alpha value is -2.08. The number of thioether (sulfide) groups is 1. The molecule has 5 nitrogen and oxygen atoms in total. The molecule has 1 aromatic carbocycles. The van der Waals surface area contributed by atoms with Gasteiger partial charge in [-0.15, -0.1) is 0 Å². The van der Waals surface area contributed by atoms with Crippen LogP contribution in [0.2, 0.25) is 0 Å². The molecule has 1 unspecified atom stereocenters. The average Bonchev–Trinajstić information content (AvgIpc) is 2.86. The summed E-state index contributed by atoms with van der Waals surface area (Å²) in [4.78, 5) is 40.1. The van der Waals surface area contributed by atoms with Crippen LogP contribution in [-0.4, -0.2) is 28.3 Å². The predicted molar refractivity (Wildman–Crippen MR) is 88.2 cm³/mol. The predicted octanol–water partition coefficient (Wildman–Crippen LogP) is 2.16. The summed E-state index contributed by atoms with van der Waals surface area (Å²) in [5.41, 5.74) is 0.623. The topological polar surface area (TPSA) is 70.2 Å². The zero-order valence-corrected chi connectivity index (χ0v) is 13.0. The van der Waals surface area contributed by atoms with Crippen molar-refractivity contribution in [1.82, 2.24) is 4.98 Å². The molecule has 1 atom stereocenters. The molecule has 1 aliphatic rings. The molecule has 1 fully saturated rings. The molecule has 1 amide bonds. The largest absolute Gasteiger partial charge is 0.341 e. The third-order valence-corrected chi connectivity index (χ3v) is 4.79. The molecule has 0 spiro atoms. The van der Waals surface area contributed by atoms with E-state index in [0.29, 0.717) is 29.9 Å². The van der Waals surface area contributed by atoms with Crippen LogP contribution in [0.25, 0.3) is 10.9 Å². The van der Waals surface area contributed by atoms with E-state index in [1.54, 1.807) is 11.0 Å². The molecule has 0 saturated carbocycles. The fourth-order valence-electron chi connectivity index (χ4n) is 2.69. The number of aromatic amines is 1. The normalized spacial score (nSPS) is 18.1. The van der Waals surface area contributed by atoms with Gasteiger partial charge in [0.1, 0.15) is 5.82 Å².